The summed E-state index contributed by atoms with van der Waals surface area (Å²) in [7, 11) is 0.104. The van der Waals surface area contributed by atoms with Crippen LogP contribution in [0.5, 0.6) is 5.75 Å². The predicted molar refractivity (Wildman–Crippen MR) is 93.3 cm³/mol. The van der Waals surface area contributed by atoms with Gasteiger partial charge in [0.2, 0.25) is 10.0 Å². The number of anilines is 1. The SMILES string of the molecule is COc1ccc(C(=O)Nc2ccc(C(F)(F)F)cc2)cc1S(=O)(=O)N(C)C. The molecule has 0 saturated heterocycles. The standard InChI is InChI=1S/C17H17F3N2O4S/c1-22(2)27(24,25)15-10-11(4-9-14(15)26-3)16(23)21-13-7-5-12(6-8-13)17(18,19)20/h4-10H,1-3H3,(H,21,23). The average molecular weight is 402 g/mol. The molecule has 0 radical (unpaired) electrons. The Morgan fingerprint density at radius 1 is 1.07 bits per heavy atom. The Hall–Kier alpha value is -2.59. The Kier molecular flexibility index (Phi) is 5.81. The van der Waals surface area contributed by atoms with Gasteiger partial charge in [0.1, 0.15) is 10.6 Å². The fourth-order valence-electron chi connectivity index (χ4n) is 2.16. The molecule has 0 bridgehead atoms. The third-order valence-corrected chi connectivity index (χ3v) is 5.49. The fourth-order valence-corrected chi connectivity index (χ4v) is 3.24. The number of benzene rings is 2. The summed E-state index contributed by atoms with van der Waals surface area (Å²) in [6.07, 6.45) is -4.48. The predicted octanol–water partition coefficient (Wildman–Crippen LogP) is 3.22. The number of hydrogen-bond acceptors (Lipinski definition) is 4. The molecule has 0 fully saturated rings. The highest BCUT2D eigenvalue weighted by Gasteiger charge is 2.30. The van der Waals surface area contributed by atoms with Crippen molar-refractivity contribution in [3.8, 4) is 5.75 Å². The number of alkyl halides is 3. The van der Waals surface area contributed by atoms with Crippen LogP contribution in [0.1, 0.15) is 15.9 Å². The number of carbonyl (C=O) groups is 1. The molecular weight excluding hydrogens is 385 g/mol. The minimum atomic E-state index is -4.48. The first-order chi connectivity index (χ1) is 12.5. The minimum Gasteiger partial charge on any atom is -0.495 e. The van der Waals surface area contributed by atoms with Gasteiger partial charge in [0.15, 0.2) is 0 Å². The molecule has 0 unspecified atom stereocenters. The Morgan fingerprint density at radius 2 is 1.67 bits per heavy atom. The maximum atomic E-state index is 12.6. The summed E-state index contributed by atoms with van der Waals surface area (Å²) in [4.78, 5) is 12.2. The summed E-state index contributed by atoms with van der Waals surface area (Å²) in [6.45, 7) is 0. The molecule has 0 spiro atoms. The molecule has 2 aromatic carbocycles. The molecule has 0 heterocycles. The number of methoxy groups -OCH3 is 1. The zero-order valence-corrected chi connectivity index (χ0v) is 15.5. The van der Waals surface area contributed by atoms with Crippen LogP contribution in [-0.4, -0.2) is 39.8 Å². The maximum absolute atomic E-state index is 12.6. The van der Waals surface area contributed by atoms with Gasteiger partial charge in [-0.2, -0.15) is 13.2 Å². The molecule has 0 aliphatic heterocycles. The van der Waals surface area contributed by atoms with E-state index < -0.39 is 27.7 Å². The van der Waals surface area contributed by atoms with Gasteiger partial charge in [0, 0.05) is 25.3 Å². The molecule has 2 rings (SSSR count). The molecule has 0 aliphatic rings. The summed E-state index contributed by atoms with van der Waals surface area (Å²) in [5, 5.41) is 2.43. The fraction of sp³-hybridized carbons (Fsp3) is 0.235. The molecule has 146 valence electrons. The van der Waals surface area contributed by atoms with Crippen LogP contribution >= 0.6 is 0 Å². The van der Waals surface area contributed by atoms with Crippen LogP contribution in [0.2, 0.25) is 0 Å². The van der Waals surface area contributed by atoms with E-state index in [2.05, 4.69) is 5.32 Å². The van der Waals surface area contributed by atoms with Crippen molar-refractivity contribution < 1.29 is 31.1 Å². The largest absolute Gasteiger partial charge is 0.495 e. The highest BCUT2D eigenvalue weighted by Crippen LogP contribution is 2.30. The number of hydrogen-bond donors (Lipinski definition) is 1. The van der Waals surface area contributed by atoms with Gasteiger partial charge in [-0.15, -0.1) is 0 Å². The quantitative estimate of drug-likeness (QED) is 0.833. The van der Waals surface area contributed by atoms with Crippen LogP contribution in [0.4, 0.5) is 18.9 Å². The van der Waals surface area contributed by atoms with Crippen molar-refractivity contribution >= 4 is 21.6 Å². The number of rotatable bonds is 5. The van der Waals surface area contributed by atoms with E-state index in [-0.39, 0.29) is 21.9 Å². The first-order valence-corrected chi connectivity index (χ1v) is 9.00. The van der Waals surface area contributed by atoms with Crippen molar-refractivity contribution in [2.75, 3.05) is 26.5 Å². The van der Waals surface area contributed by atoms with Gasteiger partial charge in [-0.05, 0) is 42.5 Å². The molecule has 0 aromatic heterocycles. The molecule has 2 aromatic rings. The summed E-state index contributed by atoms with van der Waals surface area (Å²) in [5.74, 6) is -0.609. The van der Waals surface area contributed by atoms with Crippen molar-refractivity contribution in [1.29, 1.82) is 0 Å². The van der Waals surface area contributed by atoms with Crippen LogP contribution in [0.15, 0.2) is 47.4 Å². The molecule has 0 saturated carbocycles. The minimum absolute atomic E-state index is 0.0103. The van der Waals surface area contributed by atoms with E-state index in [0.717, 1.165) is 34.6 Å². The second-order valence-electron chi connectivity index (χ2n) is 5.68. The van der Waals surface area contributed by atoms with Crippen LogP contribution in [0.25, 0.3) is 0 Å². The average Bonchev–Trinajstić information content (AvgIpc) is 2.60. The molecule has 27 heavy (non-hydrogen) atoms. The van der Waals surface area contributed by atoms with E-state index in [9.17, 15) is 26.4 Å². The van der Waals surface area contributed by atoms with E-state index in [4.69, 9.17) is 4.74 Å². The second kappa shape index (κ2) is 7.57. The van der Waals surface area contributed by atoms with Gasteiger partial charge >= 0.3 is 6.18 Å². The number of carbonyl (C=O) groups excluding carboxylic acids is 1. The lowest BCUT2D eigenvalue weighted by atomic mass is 10.1. The van der Waals surface area contributed by atoms with Crippen molar-refractivity contribution in [2.24, 2.45) is 0 Å². The third-order valence-electron chi connectivity index (χ3n) is 3.65. The molecular formula is C17H17F3N2O4S. The van der Waals surface area contributed by atoms with Crippen molar-refractivity contribution in [3.63, 3.8) is 0 Å². The highest BCUT2D eigenvalue weighted by atomic mass is 32.2. The smallest absolute Gasteiger partial charge is 0.416 e. The van der Waals surface area contributed by atoms with Crippen molar-refractivity contribution in [1.82, 2.24) is 4.31 Å². The normalized spacial score (nSPS) is 12.1. The summed E-state index contributed by atoms with van der Waals surface area (Å²) >= 11 is 0. The zero-order chi connectivity index (χ0) is 20.4. The van der Waals surface area contributed by atoms with Gasteiger partial charge in [-0.1, -0.05) is 0 Å². The van der Waals surface area contributed by atoms with E-state index in [1.54, 1.807) is 0 Å². The molecule has 0 aliphatic carbocycles. The Morgan fingerprint density at radius 3 is 2.15 bits per heavy atom. The lowest BCUT2D eigenvalue weighted by Crippen LogP contribution is -2.23. The van der Waals surface area contributed by atoms with Crippen LogP contribution < -0.4 is 10.1 Å². The number of amides is 1. The number of sulfonamides is 1. The van der Waals surface area contributed by atoms with Crippen LogP contribution in [-0.2, 0) is 16.2 Å². The van der Waals surface area contributed by atoms with Gasteiger partial charge in [0.05, 0.1) is 12.7 Å². The third kappa shape index (κ3) is 4.58. The van der Waals surface area contributed by atoms with Gasteiger partial charge < -0.3 is 10.1 Å². The van der Waals surface area contributed by atoms with E-state index in [1.807, 2.05) is 0 Å². The summed E-state index contributed by atoms with van der Waals surface area (Å²) in [6, 6.07) is 7.74. The van der Waals surface area contributed by atoms with Crippen LogP contribution in [0.3, 0.4) is 0 Å². The van der Waals surface area contributed by atoms with Crippen LogP contribution in [0, 0.1) is 0 Å². The summed E-state index contributed by atoms with van der Waals surface area (Å²) in [5.41, 5.74) is -0.693. The molecule has 6 nitrogen and oxygen atoms in total. The first kappa shape index (κ1) is 20.7. The molecule has 1 amide bonds. The topological polar surface area (TPSA) is 75.7 Å². The maximum Gasteiger partial charge on any atom is 0.416 e. The van der Waals surface area contributed by atoms with Gasteiger partial charge in [0.25, 0.3) is 5.91 Å². The molecule has 0 atom stereocenters. The number of nitrogens with one attached hydrogen (secondary N) is 1. The van der Waals surface area contributed by atoms with E-state index in [1.165, 1.54) is 33.3 Å². The van der Waals surface area contributed by atoms with E-state index >= 15 is 0 Å². The number of ether oxygens (including phenoxy) is 1. The Bertz CT molecular complexity index is 940. The van der Waals surface area contributed by atoms with Gasteiger partial charge in [-0.3, -0.25) is 4.79 Å². The highest BCUT2D eigenvalue weighted by molar-refractivity contribution is 7.89. The second-order valence-corrected chi connectivity index (χ2v) is 7.80. The zero-order valence-electron chi connectivity index (χ0n) is 14.7. The monoisotopic (exact) mass is 402 g/mol. The van der Waals surface area contributed by atoms with Crippen molar-refractivity contribution in [2.45, 2.75) is 11.1 Å². The Labute approximate surface area is 154 Å². The summed E-state index contributed by atoms with van der Waals surface area (Å²) < 4.78 is 68.5. The Balaban J connectivity index is 2.32. The van der Waals surface area contributed by atoms with Gasteiger partial charge in [-0.25, -0.2) is 12.7 Å². The molecule has 10 heteroatoms. The van der Waals surface area contributed by atoms with Crippen molar-refractivity contribution in [3.05, 3.63) is 53.6 Å². The number of nitrogens with zero attached hydrogens (tertiary/aromatic N) is 1. The lowest BCUT2D eigenvalue weighted by Gasteiger charge is -2.15. The van der Waals surface area contributed by atoms with E-state index in [0.29, 0.717) is 0 Å². The molecule has 1 N–H and O–H groups in total. The first-order valence-electron chi connectivity index (χ1n) is 7.56. The lowest BCUT2D eigenvalue weighted by molar-refractivity contribution is -0.137. The number of halogens is 3.